The molecular weight excluding hydrogens is 361 g/mol. The summed E-state index contributed by atoms with van der Waals surface area (Å²) in [4.78, 5) is 27.3. The van der Waals surface area contributed by atoms with Crippen LogP contribution in [-0.2, 0) is 16.1 Å². The minimum absolute atomic E-state index is 0.0269. The minimum atomic E-state index is -0.389. The van der Waals surface area contributed by atoms with Crippen molar-refractivity contribution in [2.24, 2.45) is 0 Å². The number of hydrogen-bond acceptors (Lipinski definition) is 3. The van der Waals surface area contributed by atoms with Gasteiger partial charge in [-0.15, -0.1) is 0 Å². The average molecular weight is 385 g/mol. The van der Waals surface area contributed by atoms with E-state index >= 15 is 0 Å². The Morgan fingerprint density at radius 1 is 1.14 bits per heavy atom. The number of amides is 1. The molecule has 2 atom stereocenters. The van der Waals surface area contributed by atoms with Crippen LogP contribution < -0.4 is 5.56 Å². The Morgan fingerprint density at radius 3 is 2.64 bits per heavy atom. The molecule has 0 spiro atoms. The van der Waals surface area contributed by atoms with Crippen molar-refractivity contribution in [3.8, 4) is 0 Å². The summed E-state index contributed by atoms with van der Waals surface area (Å²) in [6.45, 7) is 5.47. The monoisotopic (exact) mass is 385 g/mol. The van der Waals surface area contributed by atoms with Crippen molar-refractivity contribution < 1.29 is 13.9 Å². The number of aryl methyl sites for hydroxylation is 1. The Kier molecular flexibility index (Phi) is 4.93. The maximum Gasteiger partial charge on any atom is 0.275 e. The topological polar surface area (TPSA) is 56.0 Å². The summed E-state index contributed by atoms with van der Waals surface area (Å²) in [6.07, 6.45) is 2.71. The van der Waals surface area contributed by atoms with E-state index < -0.39 is 0 Å². The summed E-state index contributed by atoms with van der Waals surface area (Å²) in [6, 6.07) is 8.00. The fourth-order valence-corrected chi connectivity index (χ4v) is 4.08. The molecule has 1 aliphatic heterocycles. The molecule has 1 amide bonds. The summed E-state index contributed by atoms with van der Waals surface area (Å²) in [5.41, 5.74) is 1.67. The SMILES string of the molecule is C[C@@H]1CN(C(=O)CCCn2c(=O)c3cccn3c3ccc(F)cc32)C[C@@H](C)O1. The number of hydrogen-bond donors (Lipinski definition) is 0. The molecule has 3 heterocycles. The summed E-state index contributed by atoms with van der Waals surface area (Å²) in [5, 5.41) is 0. The van der Waals surface area contributed by atoms with E-state index in [1.807, 2.05) is 18.7 Å². The third-order valence-electron chi connectivity index (χ3n) is 5.25. The predicted octanol–water partition coefficient (Wildman–Crippen LogP) is 2.81. The maximum absolute atomic E-state index is 13.8. The molecule has 1 aliphatic rings. The first-order chi connectivity index (χ1) is 13.4. The number of nitrogens with zero attached hydrogens (tertiary/aromatic N) is 3. The van der Waals surface area contributed by atoms with Crippen molar-refractivity contribution in [1.29, 1.82) is 0 Å². The van der Waals surface area contributed by atoms with Crippen LogP contribution in [0.2, 0.25) is 0 Å². The van der Waals surface area contributed by atoms with Gasteiger partial charge in [0, 0.05) is 32.3 Å². The third-order valence-corrected chi connectivity index (χ3v) is 5.25. The molecule has 1 aromatic carbocycles. The van der Waals surface area contributed by atoms with E-state index in [9.17, 15) is 14.0 Å². The fraction of sp³-hybridized carbons (Fsp3) is 0.429. The zero-order valence-corrected chi connectivity index (χ0v) is 16.1. The summed E-state index contributed by atoms with van der Waals surface area (Å²) in [5.74, 6) is -0.325. The fourth-order valence-electron chi connectivity index (χ4n) is 4.08. The van der Waals surface area contributed by atoms with Crippen LogP contribution >= 0.6 is 0 Å². The molecule has 148 valence electrons. The molecule has 3 aromatic rings. The van der Waals surface area contributed by atoms with Gasteiger partial charge in [0.15, 0.2) is 0 Å². The molecule has 4 rings (SSSR count). The first kappa shape index (κ1) is 18.7. The van der Waals surface area contributed by atoms with Gasteiger partial charge in [-0.3, -0.25) is 9.59 Å². The quantitative estimate of drug-likeness (QED) is 0.694. The van der Waals surface area contributed by atoms with Gasteiger partial charge in [-0.2, -0.15) is 0 Å². The lowest BCUT2D eigenvalue weighted by Gasteiger charge is -2.35. The van der Waals surface area contributed by atoms with Gasteiger partial charge < -0.3 is 18.6 Å². The van der Waals surface area contributed by atoms with E-state index in [1.54, 1.807) is 33.4 Å². The van der Waals surface area contributed by atoms with Crippen LogP contribution in [0.4, 0.5) is 4.39 Å². The highest BCUT2D eigenvalue weighted by Crippen LogP contribution is 2.18. The van der Waals surface area contributed by atoms with Crippen LogP contribution in [0.1, 0.15) is 26.7 Å². The minimum Gasteiger partial charge on any atom is -0.372 e. The van der Waals surface area contributed by atoms with Crippen molar-refractivity contribution in [3.63, 3.8) is 0 Å². The highest BCUT2D eigenvalue weighted by Gasteiger charge is 2.25. The van der Waals surface area contributed by atoms with E-state index in [1.165, 1.54) is 12.1 Å². The van der Waals surface area contributed by atoms with Crippen LogP contribution in [0.3, 0.4) is 0 Å². The van der Waals surface area contributed by atoms with Gasteiger partial charge >= 0.3 is 0 Å². The van der Waals surface area contributed by atoms with Crippen LogP contribution in [0.25, 0.3) is 16.6 Å². The number of carbonyl (C=O) groups excluding carboxylic acids is 1. The highest BCUT2D eigenvalue weighted by atomic mass is 19.1. The molecule has 6 nitrogen and oxygen atoms in total. The second-order valence-corrected chi connectivity index (χ2v) is 7.51. The Hall–Kier alpha value is -2.67. The maximum atomic E-state index is 13.8. The molecule has 0 saturated carbocycles. The third kappa shape index (κ3) is 3.42. The van der Waals surface area contributed by atoms with Gasteiger partial charge in [-0.1, -0.05) is 0 Å². The number of carbonyl (C=O) groups is 1. The van der Waals surface area contributed by atoms with Crippen LogP contribution in [0.5, 0.6) is 0 Å². The number of rotatable bonds is 4. The molecule has 28 heavy (non-hydrogen) atoms. The lowest BCUT2D eigenvalue weighted by Crippen LogP contribution is -2.48. The van der Waals surface area contributed by atoms with Crippen molar-refractivity contribution in [2.75, 3.05) is 13.1 Å². The van der Waals surface area contributed by atoms with E-state index in [4.69, 9.17) is 4.74 Å². The molecule has 7 heteroatoms. The lowest BCUT2D eigenvalue weighted by molar-refractivity contribution is -0.143. The van der Waals surface area contributed by atoms with E-state index in [-0.39, 0.29) is 29.5 Å². The smallest absolute Gasteiger partial charge is 0.275 e. The Labute approximate surface area is 162 Å². The lowest BCUT2D eigenvalue weighted by atomic mass is 10.2. The van der Waals surface area contributed by atoms with Gasteiger partial charge in [0.1, 0.15) is 11.3 Å². The molecular formula is C21H24FN3O3. The number of halogens is 1. The molecule has 1 saturated heterocycles. The number of ether oxygens (including phenoxy) is 1. The van der Waals surface area contributed by atoms with Gasteiger partial charge in [0.05, 0.1) is 23.2 Å². The number of morpholine rings is 1. The second kappa shape index (κ2) is 7.39. The molecule has 0 radical (unpaired) electrons. The van der Waals surface area contributed by atoms with E-state index in [0.29, 0.717) is 43.5 Å². The van der Waals surface area contributed by atoms with Crippen molar-refractivity contribution in [1.82, 2.24) is 13.9 Å². The molecule has 2 aromatic heterocycles. The number of aromatic nitrogens is 2. The van der Waals surface area contributed by atoms with Gasteiger partial charge in [-0.05, 0) is 50.6 Å². The average Bonchev–Trinajstić information content (AvgIpc) is 3.13. The number of fused-ring (bicyclic) bond motifs is 3. The normalized spacial score (nSPS) is 20.2. The second-order valence-electron chi connectivity index (χ2n) is 7.51. The molecule has 0 bridgehead atoms. The first-order valence-electron chi connectivity index (χ1n) is 9.66. The number of benzene rings is 1. The first-order valence-corrected chi connectivity index (χ1v) is 9.66. The summed E-state index contributed by atoms with van der Waals surface area (Å²) in [7, 11) is 0. The van der Waals surface area contributed by atoms with Gasteiger partial charge in [0.2, 0.25) is 5.91 Å². The van der Waals surface area contributed by atoms with Crippen LogP contribution in [-0.4, -0.2) is 45.1 Å². The van der Waals surface area contributed by atoms with Crippen molar-refractivity contribution >= 4 is 22.5 Å². The predicted molar refractivity (Wildman–Crippen MR) is 105 cm³/mol. The Morgan fingerprint density at radius 2 is 1.89 bits per heavy atom. The molecule has 0 N–H and O–H groups in total. The Balaban J connectivity index is 1.56. The van der Waals surface area contributed by atoms with E-state index in [2.05, 4.69) is 0 Å². The van der Waals surface area contributed by atoms with Crippen molar-refractivity contribution in [3.05, 3.63) is 52.7 Å². The van der Waals surface area contributed by atoms with E-state index in [0.717, 1.165) is 5.52 Å². The molecule has 1 fully saturated rings. The highest BCUT2D eigenvalue weighted by molar-refractivity contribution is 5.79. The van der Waals surface area contributed by atoms with Crippen molar-refractivity contribution in [2.45, 2.75) is 45.4 Å². The standard InChI is InChI=1S/C21H24FN3O3/c1-14-12-23(13-15(2)28-14)20(26)6-4-10-25-19-11-16(22)7-8-17(19)24-9-3-5-18(24)21(25)27/h3,5,7-9,11,14-15H,4,6,10,12-13H2,1-2H3/t14-,15-/m1/s1. The largest absolute Gasteiger partial charge is 0.372 e. The van der Waals surface area contributed by atoms with Gasteiger partial charge in [0.25, 0.3) is 5.56 Å². The summed E-state index contributed by atoms with van der Waals surface area (Å²) >= 11 is 0. The van der Waals surface area contributed by atoms with Gasteiger partial charge in [-0.25, -0.2) is 4.39 Å². The van der Waals surface area contributed by atoms with Crippen LogP contribution in [0, 0.1) is 5.82 Å². The van der Waals surface area contributed by atoms with Crippen LogP contribution in [0.15, 0.2) is 41.3 Å². The zero-order chi connectivity index (χ0) is 19.8. The zero-order valence-electron chi connectivity index (χ0n) is 16.1. The molecule has 0 unspecified atom stereocenters. The summed E-state index contributed by atoms with van der Waals surface area (Å²) < 4.78 is 22.9. The Bertz CT molecular complexity index is 1080. The molecule has 0 aliphatic carbocycles.